The number of aryl methyl sites for hydroxylation is 3. The Labute approximate surface area is 303 Å². The Bertz CT molecular complexity index is 2210. The smallest absolute Gasteiger partial charge is 0.509 e. The molecule has 0 spiro atoms. The fourth-order valence-electron chi connectivity index (χ4n) is 6.66. The molecule has 1 atom stereocenters. The molecule has 6 heteroatoms. The summed E-state index contributed by atoms with van der Waals surface area (Å²) in [7, 11) is 0. The van der Waals surface area contributed by atoms with E-state index in [1.54, 1.807) is 0 Å². The second-order valence-corrected chi connectivity index (χ2v) is 12.5. The third-order valence-corrected chi connectivity index (χ3v) is 9.42. The minimum Gasteiger partial charge on any atom is -0.509 e. The molecular weight excluding hydrogens is 695 g/mol. The molecule has 3 aromatic heterocycles. The van der Waals surface area contributed by atoms with E-state index in [2.05, 4.69) is 129 Å². The van der Waals surface area contributed by atoms with E-state index in [-0.39, 0.29) is 20.4 Å². The predicted octanol–water partition coefficient (Wildman–Crippen LogP) is 11.0. The first kappa shape index (κ1) is 34.4. The van der Waals surface area contributed by atoms with Crippen LogP contribution in [0.1, 0.15) is 75.9 Å². The number of rotatable bonds is 11. The SMILES string of the molecule is CCCc1nn(-c2[c-]c(Oc3[c-]c4c(cc3)c3ccccc3n4-c3cc(CC)ccn3)ccc2)c(C(C)CC)c1-c1ccc(CC)cc1.[Pd+2]. The Kier molecular flexibility index (Phi) is 10.5. The van der Waals surface area contributed by atoms with Crippen molar-refractivity contribution in [3.63, 3.8) is 0 Å². The molecule has 250 valence electrons. The van der Waals surface area contributed by atoms with Crippen molar-refractivity contribution < 1.29 is 25.2 Å². The molecule has 0 N–H and O–H groups in total. The molecule has 5 nitrogen and oxygen atoms in total. The van der Waals surface area contributed by atoms with Crippen LogP contribution in [0.4, 0.5) is 0 Å². The van der Waals surface area contributed by atoms with Crippen molar-refractivity contribution in [1.82, 2.24) is 19.3 Å². The number of fused-ring (bicyclic) bond motifs is 3. The van der Waals surface area contributed by atoms with Crippen LogP contribution in [0.5, 0.6) is 11.5 Å². The van der Waals surface area contributed by atoms with Crippen LogP contribution >= 0.6 is 0 Å². The van der Waals surface area contributed by atoms with Gasteiger partial charge in [0, 0.05) is 28.8 Å². The zero-order chi connectivity index (χ0) is 33.2. The van der Waals surface area contributed by atoms with Gasteiger partial charge >= 0.3 is 20.4 Å². The van der Waals surface area contributed by atoms with Gasteiger partial charge in [0.15, 0.2) is 0 Å². The molecule has 0 aliphatic rings. The Balaban J connectivity index is 0.00000417. The van der Waals surface area contributed by atoms with Crippen molar-refractivity contribution >= 4 is 21.8 Å². The number of ether oxygens (including phenoxy) is 1. The van der Waals surface area contributed by atoms with Crippen LogP contribution in [0.15, 0.2) is 97.2 Å². The summed E-state index contributed by atoms with van der Waals surface area (Å²) < 4.78 is 10.8. The van der Waals surface area contributed by atoms with Gasteiger partial charge in [0.2, 0.25) is 0 Å². The molecule has 49 heavy (non-hydrogen) atoms. The summed E-state index contributed by atoms with van der Waals surface area (Å²) in [6, 6.07) is 39.0. The standard InChI is InChI=1S/C43H42N4O.Pd/c1-6-13-38-42(32-20-18-30(8-3)19-21-32)43(29(5)7-2)47(45-38)33-14-12-15-34(27-33)48-35-22-23-37-36-16-10-11-17-39(36)46(40(37)28-35)41-26-31(9-4)24-25-44-41;/h10-12,14-26,29H,6-9,13H2,1-5H3;/q-2;+2. The molecule has 4 aromatic carbocycles. The second kappa shape index (κ2) is 14.9. The zero-order valence-electron chi connectivity index (χ0n) is 28.9. The molecule has 0 saturated heterocycles. The van der Waals surface area contributed by atoms with Gasteiger partial charge in [0.05, 0.1) is 11.4 Å². The Morgan fingerprint density at radius 2 is 1.55 bits per heavy atom. The number of hydrogen-bond acceptors (Lipinski definition) is 3. The summed E-state index contributed by atoms with van der Waals surface area (Å²) in [5, 5.41) is 7.51. The van der Waals surface area contributed by atoms with Gasteiger partial charge in [-0.3, -0.25) is 4.68 Å². The maximum atomic E-state index is 6.52. The number of nitrogens with zero attached hydrogens (tertiary/aromatic N) is 4. The van der Waals surface area contributed by atoms with Crippen LogP contribution < -0.4 is 4.74 Å². The van der Waals surface area contributed by atoms with Crippen molar-refractivity contribution in [2.24, 2.45) is 0 Å². The fraction of sp³-hybridized carbons (Fsp3) is 0.256. The van der Waals surface area contributed by atoms with Gasteiger partial charge in [-0.05, 0) is 77.6 Å². The summed E-state index contributed by atoms with van der Waals surface area (Å²) in [5.41, 5.74) is 10.3. The van der Waals surface area contributed by atoms with E-state index >= 15 is 0 Å². The molecule has 0 radical (unpaired) electrons. The van der Waals surface area contributed by atoms with E-state index in [0.717, 1.165) is 71.1 Å². The maximum absolute atomic E-state index is 6.52. The maximum Gasteiger partial charge on any atom is 2.00 e. The molecule has 3 heterocycles. The van der Waals surface area contributed by atoms with Gasteiger partial charge < -0.3 is 9.30 Å². The van der Waals surface area contributed by atoms with E-state index in [1.807, 2.05) is 24.4 Å². The Morgan fingerprint density at radius 1 is 0.776 bits per heavy atom. The van der Waals surface area contributed by atoms with Crippen molar-refractivity contribution in [1.29, 1.82) is 0 Å². The largest absolute Gasteiger partial charge is 2.00 e. The van der Waals surface area contributed by atoms with Crippen LogP contribution in [0.3, 0.4) is 0 Å². The van der Waals surface area contributed by atoms with E-state index in [1.165, 1.54) is 27.9 Å². The van der Waals surface area contributed by atoms with Gasteiger partial charge in [0.25, 0.3) is 0 Å². The summed E-state index contributed by atoms with van der Waals surface area (Å²) in [6.07, 6.45) is 6.80. The van der Waals surface area contributed by atoms with E-state index in [0.29, 0.717) is 17.4 Å². The van der Waals surface area contributed by atoms with E-state index in [4.69, 9.17) is 14.8 Å². The van der Waals surface area contributed by atoms with Crippen molar-refractivity contribution in [3.05, 3.63) is 132 Å². The summed E-state index contributed by atoms with van der Waals surface area (Å²) >= 11 is 0. The third-order valence-electron chi connectivity index (χ3n) is 9.42. The topological polar surface area (TPSA) is 44.9 Å². The summed E-state index contributed by atoms with van der Waals surface area (Å²) in [4.78, 5) is 4.76. The van der Waals surface area contributed by atoms with Crippen LogP contribution in [0.2, 0.25) is 0 Å². The summed E-state index contributed by atoms with van der Waals surface area (Å²) in [6.45, 7) is 11.1. The molecule has 0 saturated carbocycles. The molecule has 7 rings (SSSR count). The average Bonchev–Trinajstić information content (AvgIpc) is 3.67. The number of benzene rings is 4. The van der Waals surface area contributed by atoms with Gasteiger partial charge in [0.1, 0.15) is 5.82 Å². The quantitative estimate of drug-likeness (QED) is 0.0981. The van der Waals surface area contributed by atoms with Gasteiger partial charge in [-0.1, -0.05) is 89.0 Å². The van der Waals surface area contributed by atoms with Crippen molar-refractivity contribution in [3.8, 4) is 34.1 Å². The molecule has 1 unspecified atom stereocenters. The monoisotopic (exact) mass is 736 g/mol. The molecule has 0 aliphatic heterocycles. The Morgan fingerprint density at radius 3 is 2.31 bits per heavy atom. The van der Waals surface area contributed by atoms with Gasteiger partial charge in [-0.25, -0.2) is 4.98 Å². The molecule has 7 aromatic rings. The van der Waals surface area contributed by atoms with Crippen molar-refractivity contribution in [2.45, 2.75) is 72.6 Å². The first-order chi connectivity index (χ1) is 23.5. The number of pyridine rings is 1. The van der Waals surface area contributed by atoms with Crippen LogP contribution in [0.25, 0.3) is 44.4 Å². The molecular formula is C43H42N4OPd. The minimum absolute atomic E-state index is 0. The second-order valence-electron chi connectivity index (χ2n) is 12.5. The molecule has 0 fully saturated rings. The third kappa shape index (κ3) is 6.61. The molecule has 0 amide bonds. The first-order valence-electron chi connectivity index (χ1n) is 17.3. The van der Waals surface area contributed by atoms with E-state index < -0.39 is 0 Å². The van der Waals surface area contributed by atoms with Gasteiger partial charge in [-0.15, -0.1) is 35.7 Å². The first-order valence-corrected chi connectivity index (χ1v) is 17.3. The van der Waals surface area contributed by atoms with Crippen LogP contribution in [0, 0.1) is 12.1 Å². The average molecular weight is 737 g/mol. The predicted molar refractivity (Wildman–Crippen MR) is 197 cm³/mol. The van der Waals surface area contributed by atoms with Crippen LogP contribution in [-0.4, -0.2) is 19.3 Å². The fourth-order valence-corrected chi connectivity index (χ4v) is 6.66. The number of aromatic nitrogens is 4. The normalized spacial score (nSPS) is 11.9. The van der Waals surface area contributed by atoms with Gasteiger partial charge in [-0.2, -0.15) is 17.2 Å². The number of hydrogen-bond donors (Lipinski definition) is 0. The van der Waals surface area contributed by atoms with Crippen LogP contribution in [-0.2, 0) is 39.7 Å². The van der Waals surface area contributed by atoms with Crippen molar-refractivity contribution in [2.75, 3.05) is 0 Å². The van der Waals surface area contributed by atoms with E-state index in [9.17, 15) is 0 Å². The number of para-hydroxylation sites is 1. The Hall–Kier alpha value is -4.50. The zero-order valence-corrected chi connectivity index (χ0v) is 30.4. The molecule has 0 aliphatic carbocycles. The minimum atomic E-state index is 0. The molecule has 0 bridgehead atoms. The summed E-state index contributed by atoms with van der Waals surface area (Å²) in [5.74, 6) is 2.42.